The number of anilines is 2. The number of pyridine rings is 2. The van der Waals surface area contributed by atoms with Crippen LogP contribution in [0.3, 0.4) is 0 Å². The molecular formula is C26H16ClN5OS. The Morgan fingerprint density at radius 1 is 0.941 bits per heavy atom. The van der Waals surface area contributed by atoms with Crippen molar-refractivity contribution >= 4 is 50.6 Å². The van der Waals surface area contributed by atoms with Crippen LogP contribution in [0.5, 0.6) is 0 Å². The molecule has 0 aliphatic rings. The first-order valence-corrected chi connectivity index (χ1v) is 11.5. The standard InChI is InChI=1S/C26H16ClN5OS/c27-19-6-2-8-21(11-19)32-26(33)31-20-7-1-4-16(10-20)24-18(13-28)15-30-22-12-23(34-25(22)24)17-5-3-9-29-14-17/h1-12,14-15H,(H2,31,32,33). The number of amides is 2. The second-order valence-electron chi connectivity index (χ2n) is 7.40. The molecule has 0 radical (unpaired) electrons. The summed E-state index contributed by atoms with van der Waals surface area (Å²) in [5, 5.41) is 15.9. The highest BCUT2D eigenvalue weighted by atomic mass is 35.5. The highest BCUT2D eigenvalue weighted by Gasteiger charge is 2.16. The summed E-state index contributed by atoms with van der Waals surface area (Å²) in [7, 11) is 0. The Hall–Kier alpha value is -4.25. The van der Waals surface area contributed by atoms with Crippen molar-refractivity contribution in [2.45, 2.75) is 0 Å². The Morgan fingerprint density at radius 3 is 2.44 bits per heavy atom. The number of fused-ring (bicyclic) bond motifs is 1. The number of nitrogens with zero attached hydrogens (tertiary/aromatic N) is 3. The molecule has 0 bridgehead atoms. The predicted octanol–water partition coefficient (Wildman–Crippen LogP) is 7.19. The minimum atomic E-state index is -0.394. The number of rotatable bonds is 4. The van der Waals surface area contributed by atoms with Gasteiger partial charge in [0.25, 0.3) is 0 Å². The van der Waals surface area contributed by atoms with E-state index in [2.05, 4.69) is 26.7 Å². The van der Waals surface area contributed by atoms with Crippen molar-refractivity contribution in [3.05, 3.63) is 95.9 Å². The second kappa shape index (κ2) is 9.32. The number of aromatic nitrogens is 2. The smallest absolute Gasteiger partial charge is 0.308 e. The van der Waals surface area contributed by atoms with Gasteiger partial charge in [-0.25, -0.2) is 4.79 Å². The van der Waals surface area contributed by atoms with Gasteiger partial charge in [0.2, 0.25) is 0 Å². The van der Waals surface area contributed by atoms with Crippen LogP contribution >= 0.6 is 22.9 Å². The van der Waals surface area contributed by atoms with Gasteiger partial charge in [-0.15, -0.1) is 11.3 Å². The summed E-state index contributed by atoms with van der Waals surface area (Å²) in [6.07, 6.45) is 5.12. The van der Waals surface area contributed by atoms with Gasteiger partial charge in [-0.05, 0) is 48.0 Å². The lowest BCUT2D eigenvalue weighted by molar-refractivity contribution is 0.262. The van der Waals surface area contributed by atoms with Gasteiger partial charge in [0.1, 0.15) is 6.07 Å². The van der Waals surface area contributed by atoms with Gasteiger partial charge in [-0.2, -0.15) is 5.26 Å². The number of hydrogen-bond donors (Lipinski definition) is 2. The maximum atomic E-state index is 12.5. The first kappa shape index (κ1) is 21.6. The summed E-state index contributed by atoms with van der Waals surface area (Å²) < 4.78 is 0.901. The lowest BCUT2D eigenvalue weighted by atomic mass is 10.0. The molecule has 8 heteroatoms. The number of nitriles is 1. The summed E-state index contributed by atoms with van der Waals surface area (Å²) in [6.45, 7) is 0. The zero-order valence-corrected chi connectivity index (χ0v) is 19.2. The third kappa shape index (κ3) is 4.46. The highest BCUT2D eigenvalue weighted by molar-refractivity contribution is 7.22. The zero-order chi connectivity index (χ0) is 23.5. The Labute approximate surface area is 204 Å². The molecule has 0 saturated heterocycles. The summed E-state index contributed by atoms with van der Waals surface area (Å²) >= 11 is 7.55. The van der Waals surface area contributed by atoms with Crippen LogP contribution in [-0.2, 0) is 0 Å². The molecule has 2 amide bonds. The van der Waals surface area contributed by atoms with Crippen molar-refractivity contribution < 1.29 is 4.79 Å². The SMILES string of the molecule is N#Cc1cnc2cc(-c3cccnc3)sc2c1-c1cccc(NC(=O)Nc2cccc(Cl)c2)c1. The Balaban J connectivity index is 1.50. The van der Waals surface area contributed by atoms with Gasteiger partial charge < -0.3 is 10.6 Å². The Morgan fingerprint density at radius 2 is 1.71 bits per heavy atom. The van der Waals surface area contributed by atoms with Crippen molar-refractivity contribution in [1.82, 2.24) is 9.97 Å². The zero-order valence-electron chi connectivity index (χ0n) is 17.6. The molecule has 0 atom stereocenters. The number of urea groups is 1. The molecule has 3 aromatic heterocycles. The number of carbonyl (C=O) groups excluding carboxylic acids is 1. The van der Waals surface area contributed by atoms with E-state index in [0.29, 0.717) is 22.0 Å². The number of carbonyl (C=O) groups is 1. The molecule has 5 aromatic rings. The lowest BCUT2D eigenvalue weighted by Crippen LogP contribution is -2.19. The maximum absolute atomic E-state index is 12.5. The quantitative estimate of drug-likeness (QED) is 0.284. The van der Waals surface area contributed by atoms with Crippen molar-refractivity contribution in [2.24, 2.45) is 0 Å². The van der Waals surface area contributed by atoms with Crippen LogP contribution in [0, 0.1) is 11.3 Å². The number of halogens is 1. The topological polar surface area (TPSA) is 90.7 Å². The normalized spacial score (nSPS) is 10.6. The third-order valence-corrected chi connectivity index (χ3v) is 6.53. The van der Waals surface area contributed by atoms with E-state index in [9.17, 15) is 10.1 Å². The number of hydrogen-bond acceptors (Lipinski definition) is 5. The monoisotopic (exact) mass is 481 g/mol. The van der Waals surface area contributed by atoms with Crippen LogP contribution in [0.2, 0.25) is 5.02 Å². The number of benzene rings is 2. The minimum Gasteiger partial charge on any atom is -0.308 e. The molecule has 2 aromatic carbocycles. The lowest BCUT2D eigenvalue weighted by Gasteiger charge is -2.11. The molecule has 0 aliphatic carbocycles. The molecule has 0 saturated carbocycles. The Bertz CT molecular complexity index is 1560. The minimum absolute atomic E-state index is 0.394. The molecule has 34 heavy (non-hydrogen) atoms. The fourth-order valence-electron chi connectivity index (χ4n) is 3.61. The van der Waals surface area contributed by atoms with Gasteiger partial charge in [0.15, 0.2) is 0 Å². The summed E-state index contributed by atoms with van der Waals surface area (Å²) in [5.41, 5.74) is 5.03. The number of nitrogens with one attached hydrogen (secondary N) is 2. The third-order valence-electron chi connectivity index (χ3n) is 5.10. The highest BCUT2D eigenvalue weighted by Crippen LogP contribution is 2.40. The van der Waals surface area contributed by atoms with Crippen molar-refractivity contribution in [2.75, 3.05) is 10.6 Å². The largest absolute Gasteiger partial charge is 0.323 e. The van der Waals surface area contributed by atoms with E-state index in [1.165, 1.54) is 0 Å². The molecule has 0 fully saturated rings. The van der Waals surface area contributed by atoms with Crippen LogP contribution in [0.15, 0.2) is 85.3 Å². The predicted molar refractivity (Wildman–Crippen MR) is 137 cm³/mol. The van der Waals surface area contributed by atoms with E-state index in [1.807, 2.05) is 36.4 Å². The van der Waals surface area contributed by atoms with E-state index >= 15 is 0 Å². The van der Waals surface area contributed by atoms with Gasteiger partial charge >= 0.3 is 6.03 Å². The average Bonchev–Trinajstić information content (AvgIpc) is 3.28. The maximum Gasteiger partial charge on any atom is 0.323 e. The molecule has 0 aliphatic heterocycles. The number of thiophene rings is 1. The van der Waals surface area contributed by atoms with Gasteiger partial charge in [-0.3, -0.25) is 9.97 Å². The van der Waals surface area contributed by atoms with Crippen molar-refractivity contribution in [1.29, 1.82) is 5.26 Å². The van der Waals surface area contributed by atoms with Gasteiger partial charge in [-0.1, -0.05) is 35.9 Å². The molecule has 0 unspecified atom stereocenters. The van der Waals surface area contributed by atoms with Crippen LogP contribution in [-0.4, -0.2) is 16.0 Å². The second-order valence-corrected chi connectivity index (χ2v) is 8.88. The first-order valence-electron chi connectivity index (χ1n) is 10.3. The van der Waals surface area contributed by atoms with Crippen LogP contribution in [0.4, 0.5) is 16.2 Å². The van der Waals surface area contributed by atoms with E-state index < -0.39 is 6.03 Å². The molecule has 164 valence electrons. The molecular weight excluding hydrogens is 466 g/mol. The van der Waals surface area contributed by atoms with E-state index in [-0.39, 0.29) is 0 Å². The molecule has 5 rings (SSSR count). The summed E-state index contributed by atoms with van der Waals surface area (Å²) in [5.74, 6) is 0. The molecule has 3 heterocycles. The van der Waals surface area contributed by atoms with Gasteiger partial charge in [0.05, 0.1) is 15.8 Å². The van der Waals surface area contributed by atoms with Crippen molar-refractivity contribution in [3.8, 4) is 27.6 Å². The molecule has 2 N–H and O–H groups in total. The average molecular weight is 482 g/mol. The van der Waals surface area contributed by atoms with E-state index in [0.717, 1.165) is 31.8 Å². The summed E-state index contributed by atoms with van der Waals surface area (Å²) in [6, 6.07) is 22.1. The van der Waals surface area contributed by atoms with E-state index in [1.54, 1.807) is 60.3 Å². The molecule has 6 nitrogen and oxygen atoms in total. The fraction of sp³-hybridized carbons (Fsp3) is 0. The first-order chi connectivity index (χ1) is 16.6. The van der Waals surface area contributed by atoms with Crippen LogP contribution in [0.25, 0.3) is 31.8 Å². The van der Waals surface area contributed by atoms with Crippen LogP contribution < -0.4 is 10.6 Å². The molecule has 0 spiro atoms. The van der Waals surface area contributed by atoms with Crippen molar-refractivity contribution in [3.63, 3.8) is 0 Å². The summed E-state index contributed by atoms with van der Waals surface area (Å²) in [4.78, 5) is 22.2. The van der Waals surface area contributed by atoms with Crippen LogP contribution in [0.1, 0.15) is 5.56 Å². The fourth-order valence-corrected chi connectivity index (χ4v) is 4.98. The van der Waals surface area contributed by atoms with Gasteiger partial charge in [0, 0.05) is 51.0 Å². The van der Waals surface area contributed by atoms with E-state index in [4.69, 9.17) is 11.6 Å². The Kier molecular flexibility index (Phi) is 5.91.